The van der Waals surface area contributed by atoms with Crippen LogP contribution in [-0.2, 0) is 17.7 Å². The van der Waals surface area contributed by atoms with E-state index in [9.17, 15) is 4.79 Å². The summed E-state index contributed by atoms with van der Waals surface area (Å²) in [6.45, 7) is 9.60. The highest BCUT2D eigenvalue weighted by Crippen LogP contribution is 2.16. The summed E-state index contributed by atoms with van der Waals surface area (Å²) in [6, 6.07) is 7.63. The van der Waals surface area contributed by atoms with Gasteiger partial charge in [0.2, 0.25) is 0 Å². The predicted octanol–water partition coefficient (Wildman–Crippen LogP) is 3.58. The van der Waals surface area contributed by atoms with Crippen LogP contribution in [0.5, 0.6) is 0 Å². The van der Waals surface area contributed by atoms with Crippen LogP contribution in [0.3, 0.4) is 0 Å². The first kappa shape index (κ1) is 26.5. The second-order valence-corrected chi connectivity index (χ2v) is 8.95. The highest BCUT2D eigenvalue weighted by atomic mass is 127. The smallest absolute Gasteiger partial charge is 0.251 e. The fourth-order valence-corrected chi connectivity index (χ4v) is 4.30. The molecule has 1 unspecified atom stereocenters. The van der Waals surface area contributed by atoms with Crippen LogP contribution < -0.4 is 16.0 Å². The highest BCUT2D eigenvalue weighted by Gasteiger charge is 2.16. The molecule has 3 N–H and O–H groups in total. The first-order valence-corrected chi connectivity index (χ1v) is 11.8. The van der Waals surface area contributed by atoms with Crippen LogP contribution in [0, 0.1) is 13.8 Å². The molecule has 1 aliphatic rings. The Morgan fingerprint density at radius 3 is 2.81 bits per heavy atom. The molecule has 1 aromatic heterocycles. The van der Waals surface area contributed by atoms with Crippen LogP contribution >= 0.6 is 35.3 Å². The van der Waals surface area contributed by atoms with E-state index in [-0.39, 0.29) is 36.0 Å². The van der Waals surface area contributed by atoms with E-state index in [1.165, 1.54) is 4.88 Å². The van der Waals surface area contributed by atoms with Gasteiger partial charge in [-0.3, -0.25) is 4.79 Å². The third-order valence-electron chi connectivity index (χ3n) is 5.17. The van der Waals surface area contributed by atoms with Crippen molar-refractivity contribution < 1.29 is 9.53 Å². The third-order valence-corrected chi connectivity index (χ3v) is 6.30. The summed E-state index contributed by atoms with van der Waals surface area (Å²) in [5.74, 6) is 0.695. The van der Waals surface area contributed by atoms with Gasteiger partial charge >= 0.3 is 0 Å². The molecule has 176 valence electrons. The van der Waals surface area contributed by atoms with Crippen molar-refractivity contribution in [1.29, 1.82) is 0 Å². The maximum Gasteiger partial charge on any atom is 0.251 e. The molecule has 2 heterocycles. The average molecular weight is 572 g/mol. The fraction of sp³-hybridized carbons (Fsp3) is 0.522. The fourth-order valence-electron chi connectivity index (χ4n) is 3.37. The number of hydrogen-bond donors (Lipinski definition) is 3. The minimum absolute atomic E-state index is 0. The molecule has 7 nitrogen and oxygen atoms in total. The van der Waals surface area contributed by atoms with Crippen LogP contribution in [0.4, 0.5) is 0 Å². The molecular weight excluding hydrogens is 537 g/mol. The number of guanidine groups is 1. The van der Waals surface area contributed by atoms with Crippen molar-refractivity contribution in [3.05, 3.63) is 51.0 Å². The van der Waals surface area contributed by atoms with Crippen molar-refractivity contribution in [2.75, 3.05) is 26.2 Å². The largest absolute Gasteiger partial charge is 0.376 e. The number of nitrogens with one attached hydrogen (secondary N) is 3. The lowest BCUT2D eigenvalue weighted by Crippen LogP contribution is -2.38. The number of rotatable bonds is 9. The summed E-state index contributed by atoms with van der Waals surface area (Å²) < 4.78 is 5.57. The van der Waals surface area contributed by atoms with E-state index in [0.717, 1.165) is 61.2 Å². The molecule has 0 aliphatic carbocycles. The van der Waals surface area contributed by atoms with Crippen molar-refractivity contribution in [2.24, 2.45) is 4.99 Å². The molecule has 1 atom stereocenters. The predicted molar refractivity (Wildman–Crippen MR) is 141 cm³/mol. The number of nitrogens with zero attached hydrogens (tertiary/aromatic N) is 2. The lowest BCUT2D eigenvalue weighted by atomic mass is 10.1. The number of hydrogen-bond acceptors (Lipinski definition) is 5. The van der Waals surface area contributed by atoms with Gasteiger partial charge in [-0.2, -0.15) is 0 Å². The lowest BCUT2D eigenvalue weighted by molar-refractivity contribution is 0.0857. The van der Waals surface area contributed by atoms with Gasteiger partial charge in [0.25, 0.3) is 5.91 Å². The molecule has 1 amide bonds. The molecule has 9 heteroatoms. The molecule has 1 aliphatic heterocycles. The average Bonchev–Trinajstić information content (AvgIpc) is 3.40. The molecule has 1 saturated heterocycles. The van der Waals surface area contributed by atoms with E-state index < -0.39 is 0 Å². The molecule has 3 rings (SSSR count). The molecule has 2 aromatic rings. The first-order chi connectivity index (χ1) is 15.0. The second kappa shape index (κ2) is 13.7. The van der Waals surface area contributed by atoms with Crippen molar-refractivity contribution in [2.45, 2.75) is 52.7 Å². The van der Waals surface area contributed by atoms with Gasteiger partial charge in [0.1, 0.15) is 0 Å². The SMILES string of the molecule is CCNC(=NCc1cccc(C(=O)NCC2CCCO2)c1)NCCc1nc(C)c(C)s1.I. The van der Waals surface area contributed by atoms with Gasteiger partial charge < -0.3 is 20.7 Å². The number of amides is 1. The summed E-state index contributed by atoms with van der Waals surface area (Å²) in [4.78, 5) is 23.0. The van der Waals surface area contributed by atoms with Crippen molar-refractivity contribution in [3.63, 3.8) is 0 Å². The van der Waals surface area contributed by atoms with Gasteiger partial charge in [0, 0.05) is 43.1 Å². The van der Waals surface area contributed by atoms with Crippen molar-refractivity contribution in [1.82, 2.24) is 20.9 Å². The van der Waals surface area contributed by atoms with E-state index >= 15 is 0 Å². The molecule has 0 bridgehead atoms. The normalized spacial score (nSPS) is 15.8. The Balaban J connectivity index is 0.00000363. The Labute approximate surface area is 211 Å². The standard InChI is InChI=1S/C23H33N5O2S.HI/c1-4-24-23(25-11-10-21-28-16(2)17(3)31-21)27-14-18-7-5-8-19(13-18)22(29)26-15-20-9-6-12-30-20;/h5,7-8,13,20H,4,6,9-12,14-15H2,1-3H3,(H,26,29)(H2,24,25,27);1H. The number of benzene rings is 1. The number of thiazole rings is 1. The number of carbonyl (C=O) groups excluding carboxylic acids is 1. The Morgan fingerprint density at radius 2 is 2.12 bits per heavy atom. The van der Waals surface area contributed by atoms with E-state index in [2.05, 4.69) is 32.9 Å². The first-order valence-electron chi connectivity index (χ1n) is 11.0. The Kier molecular flexibility index (Phi) is 11.4. The topological polar surface area (TPSA) is 87.6 Å². The second-order valence-electron chi connectivity index (χ2n) is 7.67. The van der Waals surface area contributed by atoms with Crippen LogP contribution in [0.2, 0.25) is 0 Å². The van der Waals surface area contributed by atoms with Gasteiger partial charge in [0.05, 0.1) is 23.4 Å². The molecule has 1 fully saturated rings. The Morgan fingerprint density at radius 1 is 1.28 bits per heavy atom. The zero-order chi connectivity index (χ0) is 22.1. The van der Waals surface area contributed by atoms with Gasteiger partial charge in [-0.1, -0.05) is 12.1 Å². The van der Waals surface area contributed by atoms with E-state index in [4.69, 9.17) is 4.74 Å². The molecule has 0 spiro atoms. The van der Waals surface area contributed by atoms with Gasteiger partial charge in [-0.25, -0.2) is 9.98 Å². The van der Waals surface area contributed by atoms with Crippen molar-refractivity contribution in [3.8, 4) is 0 Å². The van der Waals surface area contributed by atoms with E-state index in [1.54, 1.807) is 11.3 Å². The molecule has 32 heavy (non-hydrogen) atoms. The van der Waals surface area contributed by atoms with Crippen LogP contribution in [-0.4, -0.2) is 49.2 Å². The number of aliphatic imine (C=N–C) groups is 1. The Hall–Kier alpha value is -1.72. The van der Waals surface area contributed by atoms with Gasteiger partial charge in [-0.15, -0.1) is 35.3 Å². The number of ether oxygens (including phenoxy) is 1. The Bertz CT molecular complexity index is 877. The number of aromatic nitrogens is 1. The van der Waals surface area contributed by atoms with Crippen LogP contribution in [0.25, 0.3) is 0 Å². The molecule has 0 saturated carbocycles. The third kappa shape index (κ3) is 8.32. The molecule has 1 aromatic carbocycles. The lowest BCUT2D eigenvalue weighted by Gasteiger charge is -2.12. The monoisotopic (exact) mass is 571 g/mol. The van der Waals surface area contributed by atoms with Gasteiger partial charge in [0.15, 0.2) is 5.96 Å². The maximum absolute atomic E-state index is 12.5. The van der Waals surface area contributed by atoms with Crippen LogP contribution in [0.1, 0.15) is 51.3 Å². The minimum atomic E-state index is -0.0691. The summed E-state index contributed by atoms with van der Waals surface area (Å²) in [5.41, 5.74) is 2.76. The number of halogens is 1. The maximum atomic E-state index is 12.5. The summed E-state index contributed by atoms with van der Waals surface area (Å²) in [5, 5.41) is 10.8. The zero-order valence-corrected chi connectivity index (χ0v) is 22.2. The zero-order valence-electron chi connectivity index (χ0n) is 19.1. The van der Waals surface area contributed by atoms with E-state index in [0.29, 0.717) is 18.7 Å². The van der Waals surface area contributed by atoms with Gasteiger partial charge in [-0.05, 0) is 51.3 Å². The molecular formula is C23H34IN5O2S. The van der Waals surface area contributed by atoms with E-state index in [1.807, 2.05) is 38.1 Å². The summed E-state index contributed by atoms with van der Waals surface area (Å²) >= 11 is 1.75. The van der Waals surface area contributed by atoms with Crippen LogP contribution in [0.15, 0.2) is 29.3 Å². The summed E-state index contributed by atoms with van der Waals surface area (Å²) in [6.07, 6.45) is 3.09. The minimum Gasteiger partial charge on any atom is -0.376 e. The summed E-state index contributed by atoms with van der Waals surface area (Å²) in [7, 11) is 0. The van der Waals surface area contributed by atoms with Crippen molar-refractivity contribution >= 4 is 47.2 Å². The number of carbonyl (C=O) groups is 1. The quantitative estimate of drug-likeness (QED) is 0.244. The highest BCUT2D eigenvalue weighted by molar-refractivity contribution is 14.0. The molecule has 0 radical (unpaired) electrons. The number of aryl methyl sites for hydroxylation is 2.